The van der Waals surface area contributed by atoms with Crippen LogP contribution in [-0.2, 0) is 9.59 Å². The predicted octanol–water partition coefficient (Wildman–Crippen LogP) is 4.42. The van der Waals surface area contributed by atoms with Crippen LogP contribution in [-0.4, -0.2) is 26.8 Å². The van der Waals surface area contributed by atoms with E-state index >= 15 is 0 Å². The highest BCUT2D eigenvalue weighted by Gasteiger charge is 2.46. The Hall–Kier alpha value is -2.43. The maximum Gasteiger partial charge on any atom is 0.163 e. The van der Waals surface area contributed by atoms with Gasteiger partial charge >= 0.3 is 0 Å². The topological polar surface area (TPSA) is 87.5 Å². The molecule has 144 valence electrons. The molecule has 2 atom stereocenters. The maximum atomic E-state index is 13.0. The van der Waals surface area contributed by atoms with Crippen LogP contribution in [0.15, 0.2) is 47.7 Å². The van der Waals surface area contributed by atoms with E-state index in [0.717, 1.165) is 0 Å². The van der Waals surface area contributed by atoms with Crippen molar-refractivity contribution in [3.63, 3.8) is 0 Å². The van der Waals surface area contributed by atoms with Crippen molar-refractivity contribution in [2.75, 3.05) is 0 Å². The monoisotopic (exact) mass is 369 g/mol. The highest BCUT2D eigenvalue weighted by molar-refractivity contribution is 6.00. The van der Waals surface area contributed by atoms with Gasteiger partial charge in [0.25, 0.3) is 0 Å². The standard InChI is InChI=1S/C22H27NO4/c1-21(2)8-14(24)19(15(25)9-21)18(13-6-5-7-23-12-13)20-16(26)10-22(3,4)11-17(20)27/h5-8,12,18-19,24,26H,9-11H2,1-4H3/t18-,19-/m1/s1. The van der Waals surface area contributed by atoms with Crippen molar-refractivity contribution in [3.8, 4) is 0 Å². The van der Waals surface area contributed by atoms with E-state index < -0.39 is 17.3 Å². The summed E-state index contributed by atoms with van der Waals surface area (Å²) < 4.78 is 0. The van der Waals surface area contributed by atoms with Crippen LogP contribution < -0.4 is 0 Å². The molecule has 1 aromatic heterocycles. The lowest BCUT2D eigenvalue weighted by Crippen LogP contribution is -2.37. The SMILES string of the molecule is CC1(C)C=C(O)[C@@H]([C@H](C2=C(O)CC(C)(C)CC2=O)c2cccnc2)C(=O)C1. The van der Waals surface area contributed by atoms with Gasteiger partial charge < -0.3 is 10.2 Å². The number of hydrogen-bond donors (Lipinski definition) is 2. The third-order valence-corrected chi connectivity index (χ3v) is 5.42. The number of pyridine rings is 1. The summed E-state index contributed by atoms with van der Waals surface area (Å²) in [4.78, 5) is 30.1. The molecule has 0 bridgehead atoms. The quantitative estimate of drug-likeness (QED) is 0.823. The number of ketones is 2. The average molecular weight is 369 g/mol. The first kappa shape index (κ1) is 19.3. The van der Waals surface area contributed by atoms with Crippen LogP contribution in [0.5, 0.6) is 0 Å². The van der Waals surface area contributed by atoms with Gasteiger partial charge in [-0.25, -0.2) is 0 Å². The molecule has 0 saturated heterocycles. The zero-order valence-electron chi connectivity index (χ0n) is 16.3. The number of rotatable bonds is 3. The van der Waals surface area contributed by atoms with Crippen LogP contribution in [0.2, 0.25) is 0 Å². The summed E-state index contributed by atoms with van der Waals surface area (Å²) in [5.41, 5.74) is 0.109. The Bertz CT molecular complexity index is 833. The maximum absolute atomic E-state index is 13.0. The van der Waals surface area contributed by atoms with Crippen molar-refractivity contribution in [2.24, 2.45) is 16.7 Å². The summed E-state index contributed by atoms with van der Waals surface area (Å²) in [6.45, 7) is 7.65. The molecule has 0 aliphatic heterocycles. The lowest BCUT2D eigenvalue weighted by molar-refractivity contribution is -0.125. The molecule has 0 unspecified atom stereocenters. The number of nitrogens with zero attached hydrogens (tertiary/aromatic N) is 1. The van der Waals surface area contributed by atoms with Gasteiger partial charge in [0, 0.05) is 43.1 Å². The number of carbonyl (C=O) groups is 2. The van der Waals surface area contributed by atoms with Gasteiger partial charge in [-0.05, 0) is 28.5 Å². The van der Waals surface area contributed by atoms with Crippen molar-refractivity contribution < 1.29 is 19.8 Å². The van der Waals surface area contributed by atoms with Gasteiger partial charge in [0.15, 0.2) is 5.78 Å². The molecule has 2 aliphatic rings. The molecule has 5 nitrogen and oxygen atoms in total. The lowest BCUT2D eigenvalue weighted by Gasteiger charge is -2.38. The van der Waals surface area contributed by atoms with Crippen LogP contribution in [0, 0.1) is 16.7 Å². The van der Waals surface area contributed by atoms with E-state index in [4.69, 9.17) is 0 Å². The molecule has 27 heavy (non-hydrogen) atoms. The first-order chi connectivity index (χ1) is 12.5. The summed E-state index contributed by atoms with van der Waals surface area (Å²) >= 11 is 0. The smallest absolute Gasteiger partial charge is 0.163 e. The summed E-state index contributed by atoms with van der Waals surface area (Å²) in [5, 5.41) is 21.5. The molecule has 1 aromatic rings. The molecule has 0 spiro atoms. The fourth-order valence-corrected chi connectivity index (χ4v) is 4.36. The molecule has 2 aliphatic carbocycles. The normalized spacial score (nSPS) is 25.9. The van der Waals surface area contributed by atoms with Crippen molar-refractivity contribution in [2.45, 2.75) is 52.9 Å². The Labute approximate surface area is 159 Å². The van der Waals surface area contributed by atoms with E-state index in [1.165, 1.54) is 0 Å². The van der Waals surface area contributed by atoms with Crippen molar-refractivity contribution in [3.05, 3.63) is 53.3 Å². The zero-order valence-corrected chi connectivity index (χ0v) is 16.3. The molecule has 5 heteroatoms. The minimum absolute atomic E-state index is 0.00976. The first-order valence-corrected chi connectivity index (χ1v) is 9.30. The molecular formula is C22H27NO4. The Morgan fingerprint density at radius 1 is 1.11 bits per heavy atom. The molecular weight excluding hydrogens is 342 g/mol. The summed E-state index contributed by atoms with van der Waals surface area (Å²) in [6.07, 6.45) is 5.83. The molecule has 3 rings (SSSR count). The largest absolute Gasteiger partial charge is 0.512 e. The minimum atomic E-state index is -0.885. The second-order valence-corrected chi connectivity index (χ2v) is 9.24. The van der Waals surface area contributed by atoms with Gasteiger partial charge in [0.2, 0.25) is 0 Å². The Balaban J connectivity index is 2.17. The fraction of sp³-hybridized carbons (Fsp3) is 0.500. The third kappa shape index (κ3) is 3.82. The minimum Gasteiger partial charge on any atom is -0.512 e. The average Bonchev–Trinajstić information content (AvgIpc) is 2.50. The van der Waals surface area contributed by atoms with E-state index in [2.05, 4.69) is 4.98 Å². The number of aliphatic hydroxyl groups excluding tert-OH is 2. The van der Waals surface area contributed by atoms with Gasteiger partial charge in [-0.2, -0.15) is 0 Å². The summed E-state index contributed by atoms with van der Waals surface area (Å²) in [6, 6.07) is 3.51. The predicted molar refractivity (Wildman–Crippen MR) is 102 cm³/mol. The fourth-order valence-electron chi connectivity index (χ4n) is 4.36. The number of hydrogen-bond acceptors (Lipinski definition) is 5. The summed E-state index contributed by atoms with van der Waals surface area (Å²) in [5.74, 6) is -1.96. The van der Waals surface area contributed by atoms with Crippen LogP contribution in [0.25, 0.3) is 0 Å². The van der Waals surface area contributed by atoms with Crippen molar-refractivity contribution in [1.29, 1.82) is 0 Å². The zero-order chi connectivity index (χ0) is 20.0. The van der Waals surface area contributed by atoms with Crippen LogP contribution in [0.3, 0.4) is 0 Å². The molecule has 0 saturated carbocycles. The van der Waals surface area contributed by atoms with Gasteiger partial charge in [0.05, 0.1) is 5.92 Å². The lowest BCUT2D eigenvalue weighted by atomic mass is 9.65. The second-order valence-electron chi connectivity index (χ2n) is 9.24. The Morgan fingerprint density at radius 2 is 1.81 bits per heavy atom. The molecule has 0 aromatic carbocycles. The highest BCUT2D eigenvalue weighted by Crippen LogP contribution is 2.47. The number of aromatic nitrogens is 1. The number of Topliss-reactive ketones (excluding diaryl/α,β-unsaturated/α-hetero) is 2. The number of allylic oxidation sites excluding steroid dienone is 4. The van der Waals surface area contributed by atoms with E-state index in [-0.39, 0.29) is 40.5 Å². The Kier molecular flexibility index (Phi) is 4.74. The second kappa shape index (κ2) is 6.63. The van der Waals surface area contributed by atoms with Gasteiger partial charge in [0.1, 0.15) is 17.3 Å². The van der Waals surface area contributed by atoms with Gasteiger partial charge in [-0.3, -0.25) is 14.6 Å². The van der Waals surface area contributed by atoms with Gasteiger partial charge in [-0.15, -0.1) is 0 Å². The van der Waals surface area contributed by atoms with Crippen LogP contribution >= 0.6 is 0 Å². The molecule has 2 N–H and O–H groups in total. The molecule has 1 heterocycles. The molecule has 0 radical (unpaired) electrons. The van der Waals surface area contributed by atoms with Crippen molar-refractivity contribution in [1.82, 2.24) is 4.98 Å². The van der Waals surface area contributed by atoms with Crippen LogP contribution in [0.4, 0.5) is 0 Å². The van der Waals surface area contributed by atoms with Gasteiger partial charge in [-0.1, -0.05) is 33.8 Å². The van der Waals surface area contributed by atoms with E-state index in [9.17, 15) is 19.8 Å². The van der Waals surface area contributed by atoms with E-state index in [0.29, 0.717) is 18.4 Å². The third-order valence-electron chi connectivity index (χ3n) is 5.42. The number of carbonyl (C=O) groups excluding carboxylic acids is 2. The highest BCUT2D eigenvalue weighted by atomic mass is 16.3. The van der Waals surface area contributed by atoms with Crippen molar-refractivity contribution >= 4 is 11.6 Å². The number of aliphatic hydroxyl groups is 2. The van der Waals surface area contributed by atoms with Crippen LogP contribution in [0.1, 0.15) is 58.4 Å². The Morgan fingerprint density at radius 3 is 2.37 bits per heavy atom. The van der Waals surface area contributed by atoms with E-state index in [1.807, 2.05) is 27.7 Å². The van der Waals surface area contributed by atoms with E-state index in [1.54, 1.807) is 30.6 Å². The molecule has 0 fully saturated rings. The first-order valence-electron chi connectivity index (χ1n) is 9.30. The summed E-state index contributed by atoms with van der Waals surface area (Å²) in [7, 11) is 0. The molecule has 0 amide bonds.